The zero-order chi connectivity index (χ0) is 12.2. The molecule has 0 radical (unpaired) electrons. The maximum atomic E-state index is 10.5. The minimum atomic E-state index is -2.56. The molecule has 0 fully saturated rings. The van der Waals surface area contributed by atoms with Crippen molar-refractivity contribution in [2.75, 3.05) is 6.54 Å². The molecule has 0 saturated heterocycles. The Morgan fingerprint density at radius 3 is 2.13 bits per heavy atom. The quantitative estimate of drug-likeness (QED) is 0.517. The maximum absolute atomic E-state index is 10.5. The largest absolute Gasteiger partial charge is 0.548 e. The number of carboxylic acids is 2. The zero-order valence-electron chi connectivity index (χ0n) is 7.59. The molecule has 0 saturated carbocycles. The van der Waals surface area contributed by atoms with Gasteiger partial charge in [-0.05, 0) is 6.92 Å². The van der Waals surface area contributed by atoms with E-state index in [1.807, 2.05) is 0 Å². The van der Waals surface area contributed by atoms with Crippen molar-refractivity contribution >= 4 is 18.0 Å². The molecule has 0 heterocycles. The van der Waals surface area contributed by atoms with Crippen LogP contribution in [0.25, 0.3) is 0 Å². The second kappa shape index (κ2) is 4.28. The van der Waals surface area contributed by atoms with E-state index in [1.54, 1.807) is 0 Å². The summed E-state index contributed by atoms with van der Waals surface area (Å²) in [4.78, 5) is 31.1. The summed E-state index contributed by atoms with van der Waals surface area (Å²) >= 11 is 0. The molecule has 82 valence electrons. The number of hydrogen-bond acceptors (Lipinski definition) is 6. The van der Waals surface area contributed by atoms with Gasteiger partial charge in [-0.1, -0.05) is 0 Å². The summed E-state index contributed by atoms with van der Waals surface area (Å²) in [5.74, 6) is -3.83. The Hall–Kier alpha value is -2.30. The van der Waals surface area contributed by atoms with E-state index < -0.39 is 30.1 Å². The van der Waals surface area contributed by atoms with E-state index in [1.165, 1.54) is 0 Å². The molecule has 8 nitrogen and oxygen atoms in total. The van der Waals surface area contributed by atoms with Gasteiger partial charge in [0, 0.05) is 0 Å². The van der Waals surface area contributed by atoms with Crippen LogP contribution in [-0.4, -0.2) is 40.1 Å². The summed E-state index contributed by atoms with van der Waals surface area (Å²) in [6.45, 7) is -0.507. The van der Waals surface area contributed by atoms with Crippen molar-refractivity contribution in [3.05, 3.63) is 0 Å². The summed E-state index contributed by atoms with van der Waals surface area (Å²) in [7, 11) is 0. The summed E-state index contributed by atoms with van der Waals surface area (Å²) in [6.07, 6.45) is -1.87. The molecule has 0 bridgehead atoms. The van der Waals surface area contributed by atoms with Crippen LogP contribution in [0, 0.1) is 11.3 Å². The first-order valence-electron chi connectivity index (χ1n) is 3.58. The lowest BCUT2D eigenvalue weighted by molar-refractivity contribution is -0.317. The van der Waals surface area contributed by atoms with Crippen molar-refractivity contribution in [3.8, 4) is 6.07 Å². The van der Waals surface area contributed by atoms with Gasteiger partial charge in [-0.25, -0.2) is 4.79 Å². The van der Waals surface area contributed by atoms with Gasteiger partial charge in [-0.15, -0.1) is 0 Å². The van der Waals surface area contributed by atoms with Crippen LogP contribution in [0.15, 0.2) is 0 Å². The first kappa shape index (κ1) is 12.7. The lowest BCUT2D eigenvalue weighted by Crippen LogP contribution is -2.61. The molecule has 0 aliphatic heterocycles. The molecule has 0 spiro atoms. The van der Waals surface area contributed by atoms with E-state index >= 15 is 0 Å². The van der Waals surface area contributed by atoms with Gasteiger partial charge in [-0.3, -0.25) is 4.90 Å². The molecule has 0 aliphatic rings. The third kappa shape index (κ3) is 2.57. The second-order valence-electron chi connectivity index (χ2n) is 2.71. The molecule has 0 rings (SSSR count). The molecule has 0 aromatic carbocycles. The highest BCUT2D eigenvalue weighted by molar-refractivity contribution is 5.87. The highest BCUT2D eigenvalue weighted by Crippen LogP contribution is 2.13. The molecule has 15 heavy (non-hydrogen) atoms. The number of aliphatic carboxylic acids is 2. The van der Waals surface area contributed by atoms with Gasteiger partial charge in [-0.2, -0.15) is 5.26 Å². The molecule has 0 aliphatic carbocycles. The van der Waals surface area contributed by atoms with E-state index in [2.05, 4.69) is 0 Å². The van der Waals surface area contributed by atoms with Gasteiger partial charge in [0.2, 0.25) is 0 Å². The van der Waals surface area contributed by atoms with Crippen LogP contribution >= 0.6 is 0 Å². The van der Waals surface area contributed by atoms with E-state index in [9.17, 15) is 24.6 Å². The number of nitrogens with zero attached hydrogens (tertiary/aromatic N) is 2. The normalized spacial score (nSPS) is 13.3. The van der Waals surface area contributed by atoms with Gasteiger partial charge in [0.25, 0.3) is 0 Å². The lowest BCUT2D eigenvalue weighted by atomic mass is 10.0. The predicted octanol–water partition coefficient (Wildman–Crippen LogP) is -3.25. The number of hydrogen-bond donors (Lipinski definition) is 1. The Morgan fingerprint density at radius 2 is 1.93 bits per heavy atom. The van der Waals surface area contributed by atoms with Crippen LogP contribution in [0.1, 0.15) is 6.92 Å². The number of carbonyl (C=O) groups excluding carboxylic acids is 2. The molecule has 1 atom stereocenters. The standard InChI is InChI=1S/C7H8N2O6/c1-7(3-8,5(12)13)9(6(14)15)2-4(10)11/h2H2,1H3,(H,10,11)(H,12,13)(H,14,15)/p-2. The molecule has 0 aromatic rings. The molecular weight excluding hydrogens is 208 g/mol. The van der Waals surface area contributed by atoms with Crippen LogP contribution < -0.4 is 10.2 Å². The summed E-state index contributed by atoms with van der Waals surface area (Å²) in [5, 5.41) is 37.7. The van der Waals surface area contributed by atoms with Gasteiger partial charge in [0.1, 0.15) is 0 Å². The predicted molar refractivity (Wildman–Crippen MR) is 38.8 cm³/mol. The fourth-order valence-electron chi connectivity index (χ4n) is 0.762. The Kier molecular flexibility index (Phi) is 3.62. The first-order chi connectivity index (χ1) is 6.75. The molecule has 1 N–H and O–H groups in total. The van der Waals surface area contributed by atoms with Crippen LogP contribution in [0.3, 0.4) is 0 Å². The van der Waals surface area contributed by atoms with Crippen molar-refractivity contribution in [1.82, 2.24) is 4.90 Å². The Bertz CT molecular complexity index is 346. The van der Waals surface area contributed by atoms with Crippen molar-refractivity contribution in [1.29, 1.82) is 5.26 Å². The third-order valence-electron chi connectivity index (χ3n) is 1.67. The zero-order valence-corrected chi connectivity index (χ0v) is 7.59. The van der Waals surface area contributed by atoms with Crippen LogP contribution in [0.4, 0.5) is 4.79 Å². The van der Waals surface area contributed by atoms with Gasteiger partial charge < -0.3 is 24.9 Å². The van der Waals surface area contributed by atoms with Crippen LogP contribution in [0.2, 0.25) is 0 Å². The highest BCUT2D eigenvalue weighted by Gasteiger charge is 2.37. The summed E-state index contributed by atoms with van der Waals surface area (Å²) < 4.78 is 0. The fourth-order valence-corrected chi connectivity index (χ4v) is 0.762. The first-order valence-corrected chi connectivity index (χ1v) is 3.58. The minimum Gasteiger partial charge on any atom is -0.548 e. The van der Waals surface area contributed by atoms with Crippen molar-refractivity contribution in [3.63, 3.8) is 0 Å². The van der Waals surface area contributed by atoms with Crippen molar-refractivity contribution in [2.24, 2.45) is 0 Å². The van der Waals surface area contributed by atoms with Crippen molar-refractivity contribution < 1.29 is 29.7 Å². The Labute approximate surface area is 83.9 Å². The second-order valence-corrected chi connectivity index (χ2v) is 2.71. The molecule has 0 aromatic heterocycles. The van der Waals surface area contributed by atoms with Crippen molar-refractivity contribution in [2.45, 2.75) is 12.5 Å². The summed E-state index contributed by atoms with van der Waals surface area (Å²) in [6, 6.07) is 1.16. The fraction of sp³-hybridized carbons (Fsp3) is 0.429. The minimum absolute atomic E-state index is 0.0856. The van der Waals surface area contributed by atoms with Crippen LogP contribution in [-0.2, 0) is 9.59 Å². The number of carbonyl (C=O) groups is 3. The van der Waals surface area contributed by atoms with Gasteiger partial charge in [0.05, 0.1) is 24.6 Å². The highest BCUT2D eigenvalue weighted by atomic mass is 16.4. The van der Waals surface area contributed by atoms with E-state index in [4.69, 9.17) is 10.4 Å². The van der Waals surface area contributed by atoms with Crippen LogP contribution in [0.5, 0.6) is 0 Å². The summed E-state index contributed by atoms with van der Waals surface area (Å²) in [5.41, 5.74) is -2.56. The average Bonchev–Trinajstić information content (AvgIpc) is 2.12. The number of rotatable bonds is 4. The van der Waals surface area contributed by atoms with E-state index in [0.717, 1.165) is 13.0 Å². The maximum Gasteiger partial charge on any atom is 0.409 e. The Morgan fingerprint density at radius 1 is 1.47 bits per heavy atom. The molecule has 1 unspecified atom stereocenters. The van der Waals surface area contributed by atoms with Gasteiger partial charge >= 0.3 is 6.09 Å². The number of carboxylic acid groups (broad SMARTS) is 3. The smallest absolute Gasteiger partial charge is 0.409 e. The van der Waals surface area contributed by atoms with E-state index in [-0.39, 0.29) is 4.90 Å². The number of nitriles is 1. The number of amides is 1. The topological polar surface area (TPSA) is 145 Å². The third-order valence-corrected chi connectivity index (χ3v) is 1.67. The molecule has 8 heteroatoms. The van der Waals surface area contributed by atoms with E-state index in [0.29, 0.717) is 0 Å². The SMILES string of the molecule is CC(C#N)(C(=O)[O-])N(CC(=O)[O-])C(=O)O. The lowest BCUT2D eigenvalue weighted by Gasteiger charge is -2.34. The molecular formula is C7H6N2O6-2. The molecule has 1 amide bonds. The average molecular weight is 214 g/mol. The van der Waals surface area contributed by atoms with Gasteiger partial charge in [0.15, 0.2) is 5.54 Å². The monoisotopic (exact) mass is 214 g/mol. The Balaban J connectivity index is 5.23.